The van der Waals surface area contributed by atoms with Gasteiger partial charge in [0, 0.05) is 38.0 Å². The van der Waals surface area contributed by atoms with Gasteiger partial charge in [0.25, 0.3) is 0 Å². The zero-order chi connectivity index (χ0) is 16.0. The molecule has 0 atom stereocenters. The van der Waals surface area contributed by atoms with Gasteiger partial charge in [0.15, 0.2) is 0 Å². The van der Waals surface area contributed by atoms with Gasteiger partial charge in [-0.1, -0.05) is 37.3 Å². The lowest BCUT2D eigenvalue weighted by molar-refractivity contribution is -0.132. The monoisotopic (exact) mass is 322 g/mol. The van der Waals surface area contributed by atoms with E-state index in [-0.39, 0.29) is 5.91 Å². The second-order valence-electron chi connectivity index (χ2n) is 5.29. The fourth-order valence-electron chi connectivity index (χ4n) is 2.38. The summed E-state index contributed by atoms with van der Waals surface area (Å²) < 4.78 is 26.0. The lowest BCUT2D eigenvalue weighted by atomic mass is 10.2. The van der Waals surface area contributed by atoms with E-state index in [1.165, 1.54) is 9.71 Å². The van der Waals surface area contributed by atoms with Gasteiger partial charge in [-0.15, -0.1) is 0 Å². The van der Waals surface area contributed by atoms with Crippen LogP contribution in [0.4, 0.5) is 0 Å². The predicted molar refractivity (Wildman–Crippen MR) is 87.5 cm³/mol. The molecule has 1 aliphatic rings. The van der Waals surface area contributed by atoms with Crippen molar-refractivity contribution in [3.8, 4) is 0 Å². The van der Waals surface area contributed by atoms with E-state index in [1.807, 2.05) is 37.3 Å². The van der Waals surface area contributed by atoms with Crippen LogP contribution in [-0.2, 0) is 14.8 Å². The summed E-state index contributed by atoms with van der Waals surface area (Å²) in [6, 6.07) is 9.33. The van der Waals surface area contributed by atoms with Crippen molar-refractivity contribution in [2.75, 3.05) is 26.2 Å². The molecule has 6 heteroatoms. The van der Waals surface area contributed by atoms with Crippen LogP contribution < -0.4 is 0 Å². The summed E-state index contributed by atoms with van der Waals surface area (Å²) in [4.78, 5) is 13.6. The Morgan fingerprint density at radius 2 is 1.77 bits per heavy atom. The van der Waals surface area contributed by atoms with Crippen molar-refractivity contribution in [3.63, 3.8) is 0 Å². The molecule has 0 spiro atoms. The zero-order valence-corrected chi connectivity index (χ0v) is 13.6. The molecule has 1 amide bonds. The Hall–Kier alpha value is -1.66. The van der Waals surface area contributed by atoms with Crippen LogP contribution in [0.25, 0.3) is 6.08 Å². The molecule has 0 radical (unpaired) electrons. The first kappa shape index (κ1) is 16.7. The number of nitrogens with zero attached hydrogens (tertiary/aromatic N) is 2. The van der Waals surface area contributed by atoms with Gasteiger partial charge in [-0.05, 0) is 18.1 Å². The summed E-state index contributed by atoms with van der Waals surface area (Å²) in [5.74, 6) is 0.111. The molecule has 0 aromatic heterocycles. The van der Waals surface area contributed by atoms with E-state index in [4.69, 9.17) is 0 Å². The number of benzene rings is 1. The number of piperazine rings is 1. The molecule has 1 aromatic carbocycles. The lowest BCUT2D eigenvalue weighted by Crippen LogP contribution is -2.50. The number of amides is 1. The van der Waals surface area contributed by atoms with Crippen molar-refractivity contribution in [1.29, 1.82) is 0 Å². The first-order valence-electron chi connectivity index (χ1n) is 7.54. The highest BCUT2D eigenvalue weighted by atomic mass is 32.2. The van der Waals surface area contributed by atoms with E-state index < -0.39 is 10.0 Å². The molecule has 2 rings (SSSR count). The van der Waals surface area contributed by atoms with Crippen molar-refractivity contribution >= 4 is 22.0 Å². The van der Waals surface area contributed by atoms with Crippen LogP contribution in [0.2, 0.25) is 0 Å². The Kier molecular flexibility index (Phi) is 5.74. The van der Waals surface area contributed by atoms with E-state index in [0.717, 1.165) is 12.0 Å². The molecule has 120 valence electrons. The standard InChI is InChI=1S/C16H22N2O3S/c1-2-6-16(19)17-10-12-18(13-11-17)22(20,21)14-9-15-7-4-3-5-8-15/h3-5,7-9,14H,2,6,10-13H2,1H3/b14-9+. The maximum Gasteiger partial charge on any atom is 0.236 e. The molecule has 1 aromatic rings. The maximum absolute atomic E-state index is 12.3. The first-order chi connectivity index (χ1) is 10.5. The first-order valence-corrected chi connectivity index (χ1v) is 9.04. The van der Waals surface area contributed by atoms with Crippen LogP contribution in [0.15, 0.2) is 35.7 Å². The highest BCUT2D eigenvalue weighted by Crippen LogP contribution is 2.12. The van der Waals surface area contributed by atoms with E-state index in [2.05, 4.69) is 0 Å². The molecule has 5 nitrogen and oxygen atoms in total. The fourth-order valence-corrected chi connectivity index (χ4v) is 3.55. The van der Waals surface area contributed by atoms with Gasteiger partial charge in [0.05, 0.1) is 0 Å². The third-order valence-electron chi connectivity index (χ3n) is 3.65. The van der Waals surface area contributed by atoms with Gasteiger partial charge in [-0.2, -0.15) is 4.31 Å². The second kappa shape index (κ2) is 7.56. The van der Waals surface area contributed by atoms with Gasteiger partial charge < -0.3 is 4.90 Å². The minimum absolute atomic E-state index is 0.111. The average Bonchev–Trinajstić information content (AvgIpc) is 2.54. The Morgan fingerprint density at radius 3 is 2.36 bits per heavy atom. The molecule has 1 fully saturated rings. The Balaban J connectivity index is 1.95. The third-order valence-corrected chi connectivity index (χ3v) is 5.21. The van der Waals surface area contributed by atoms with Crippen molar-refractivity contribution in [3.05, 3.63) is 41.3 Å². The largest absolute Gasteiger partial charge is 0.340 e. The molecule has 0 bridgehead atoms. The lowest BCUT2D eigenvalue weighted by Gasteiger charge is -2.33. The minimum atomic E-state index is -3.43. The second-order valence-corrected chi connectivity index (χ2v) is 7.11. The van der Waals surface area contributed by atoms with Crippen molar-refractivity contribution in [1.82, 2.24) is 9.21 Å². The van der Waals surface area contributed by atoms with Crippen molar-refractivity contribution < 1.29 is 13.2 Å². The molecule has 0 unspecified atom stereocenters. The number of hydrogen-bond donors (Lipinski definition) is 0. The van der Waals surface area contributed by atoms with E-state index in [1.54, 1.807) is 11.0 Å². The molecule has 0 aliphatic carbocycles. The van der Waals surface area contributed by atoms with Crippen LogP contribution in [0.1, 0.15) is 25.3 Å². The zero-order valence-electron chi connectivity index (χ0n) is 12.8. The van der Waals surface area contributed by atoms with Crippen LogP contribution >= 0.6 is 0 Å². The third kappa shape index (κ3) is 4.42. The quantitative estimate of drug-likeness (QED) is 0.832. The summed E-state index contributed by atoms with van der Waals surface area (Å²) in [5.41, 5.74) is 0.850. The number of rotatable bonds is 5. The molecule has 1 heterocycles. The molecule has 0 N–H and O–H groups in total. The minimum Gasteiger partial charge on any atom is -0.340 e. The van der Waals surface area contributed by atoms with E-state index in [9.17, 15) is 13.2 Å². The molecule has 22 heavy (non-hydrogen) atoms. The number of hydrogen-bond acceptors (Lipinski definition) is 3. The summed E-state index contributed by atoms with van der Waals surface area (Å²) in [5, 5.41) is 1.24. The maximum atomic E-state index is 12.3. The van der Waals surface area contributed by atoms with Gasteiger partial charge in [0.2, 0.25) is 15.9 Å². The highest BCUT2D eigenvalue weighted by Gasteiger charge is 2.26. The Labute approximate surface area is 132 Å². The van der Waals surface area contributed by atoms with Gasteiger partial charge in [-0.3, -0.25) is 4.79 Å². The van der Waals surface area contributed by atoms with Crippen LogP contribution in [0, 0.1) is 0 Å². The predicted octanol–water partition coefficient (Wildman–Crippen LogP) is 1.93. The van der Waals surface area contributed by atoms with Crippen LogP contribution in [0.5, 0.6) is 0 Å². The van der Waals surface area contributed by atoms with Gasteiger partial charge in [-0.25, -0.2) is 8.42 Å². The Morgan fingerprint density at radius 1 is 1.14 bits per heavy atom. The normalized spacial score (nSPS) is 17.0. The highest BCUT2D eigenvalue weighted by molar-refractivity contribution is 7.92. The molecular weight excluding hydrogens is 300 g/mol. The molecule has 1 aliphatic heterocycles. The molecular formula is C16H22N2O3S. The number of carbonyl (C=O) groups excluding carboxylic acids is 1. The average molecular weight is 322 g/mol. The number of carbonyl (C=O) groups is 1. The van der Waals surface area contributed by atoms with Crippen molar-refractivity contribution in [2.45, 2.75) is 19.8 Å². The van der Waals surface area contributed by atoms with Crippen LogP contribution in [0.3, 0.4) is 0 Å². The van der Waals surface area contributed by atoms with Gasteiger partial charge in [0.1, 0.15) is 0 Å². The SMILES string of the molecule is CCCC(=O)N1CCN(S(=O)(=O)/C=C/c2ccccc2)CC1. The van der Waals surface area contributed by atoms with Crippen molar-refractivity contribution in [2.24, 2.45) is 0 Å². The van der Waals surface area contributed by atoms with E-state index in [0.29, 0.717) is 32.6 Å². The van der Waals surface area contributed by atoms with Crippen LogP contribution in [-0.4, -0.2) is 49.7 Å². The molecule has 1 saturated heterocycles. The summed E-state index contributed by atoms with van der Waals surface area (Å²) >= 11 is 0. The summed E-state index contributed by atoms with van der Waals surface area (Å²) in [7, 11) is -3.43. The smallest absolute Gasteiger partial charge is 0.236 e. The topological polar surface area (TPSA) is 57.7 Å². The van der Waals surface area contributed by atoms with Gasteiger partial charge >= 0.3 is 0 Å². The number of sulfonamides is 1. The Bertz CT molecular complexity index is 618. The summed E-state index contributed by atoms with van der Waals surface area (Å²) in [6.07, 6.45) is 2.95. The summed E-state index contributed by atoms with van der Waals surface area (Å²) in [6.45, 7) is 3.62. The molecule has 0 saturated carbocycles. The fraction of sp³-hybridized carbons (Fsp3) is 0.438. The van der Waals surface area contributed by atoms with E-state index >= 15 is 0 Å².